The normalized spacial score (nSPS) is 12.3. The molecule has 1 unspecified atom stereocenters. The maximum Gasteiger partial charge on any atom is 0.252 e. The van der Waals surface area contributed by atoms with Crippen LogP contribution in [0, 0.1) is 23.1 Å². The van der Waals surface area contributed by atoms with Crippen LogP contribution in [0.25, 0.3) is 0 Å². The van der Waals surface area contributed by atoms with Crippen molar-refractivity contribution in [1.29, 1.82) is 0 Å². The third-order valence-corrected chi connectivity index (χ3v) is 3.20. The van der Waals surface area contributed by atoms with Crippen LogP contribution < -0.4 is 11.1 Å². The van der Waals surface area contributed by atoms with Crippen LogP contribution in [-0.2, 0) is 0 Å². The molecule has 3 nitrogen and oxygen atoms in total. The Bertz CT molecular complexity index is 550. The van der Waals surface area contributed by atoms with Crippen molar-refractivity contribution in [1.82, 2.24) is 5.32 Å². The van der Waals surface area contributed by atoms with E-state index < -0.39 is 5.82 Å². The second-order valence-electron chi connectivity index (χ2n) is 5.76. The first-order chi connectivity index (χ1) is 9.25. The molecule has 0 aliphatic heterocycles. The van der Waals surface area contributed by atoms with Crippen LogP contribution in [0.3, 0.4) is 0 Å². The van der Waals surface area contributed by atoms with Gasteiger partial charge in [-0.2, -0.15) is 0 Å². The van der Waals surface area contributed by atoms with E-state index in [2.05, 4.69) is 17.2 Å². The lowest BCUT2D eigenvalue weighted by atomic mass is 9.88. The Labute approximate surface area is 119 Å². The molecule has 0 saturated carbocycles. The number of hydrogen-bond donors (Lipinski definition) is 2. The van der Waals surface area contributed by atoms with Crippen molar-refractivity contribution >= 4 is 5.91 Å². The molecule has 0 bridgehead atoms. The van der Waals surface area contributed by atoms with Gasteiger partial charge in [0.05, 0.1) is 12.1 Å². The van der Waals surface area contributed by atoms with Crippen molar-refractivity contribution < 1.29 is 9.18 Å². The number of nitrogens with two attached hydrogens (primary N) is 1. The third kappa shape index (κ3) is 4.36. The predicted molar refractivity (Wildman–Crippen MR) is 78.7 cm³/mol. The molecule has 0 aliphatic carbocycles. The van der Waals surface area contributed by atoms with Gasteiger partial charge in [-0.25, -0.2) is 4.39 Å². The van der Waals surface area contributed by atoms with Gasteiger partial charge in [0.15, 0.2) is 0 Å². The molecular weight excluding hydrogens is 255 g/mol. The zero-order valence-electron chi connectivity index (χ0n) is 12.4. The lowest BCUT2D eigenvalue weighted by Gasteiger charge is -2.28. The van der Waals surface area contributed by atoms with E-state index in [1.807, 2.05) is 27.7 Å². The standard InChI is InChI=1S/C16H21FN2O/c1-11(16(2,3)4)19-15(20)14-10-13(17)8-7-12(14)6-5-9-18/h7-8,10-11H,9,18H2,1-4H3,(H,19,20). The minimum Gasteiger partial charge on any atom is -0.349 e. The van der Waals surface area contributed by atoms with Crippen LogP contribution >= 0.6 is 0 Å². The minimum atomic E-state index is -0.461. The second-order valence-corrected chi connectivity index (χ2v) is 5.76. The fourth-order valence-corrected chi connectivity index (χ4v) is 1.45. The van der Waals surface area contributed by atoms with E-state index in [0.29, 0.717) is 5.56 Å². The SMILES string of the molecule is CC(NC(=O)c1cc(F)ccc1C#CCN)C(C)(C)C. The van der Waals surface area contributed by atoms with E-state index in [9.17, 15) is 9.18 Å². The van der Waals surface area contributed by atoms with Gasteiger partial charge in [0.2, 0.25) is 0 Å². The van der Waals surface area contributed by atoms with E-state index in [-0.39, 0.29) is 29.5 Å². The van der Waals surface area contributed by atoms with Crippen LogP contribution in [0.15, 0.2) is 18.2 Å². The first kappa shape index (κ1) is 16.2. The van der Waals surface area contributed by atoms with Crippen molar-refractivity contribution in [3.05, 3.63) is 35.1 Å². The predicted octanol–water partition coefficient (Wildman–Crippen LogP) is 2.30. The third-order valence-electron chi connectivity index (χ3n) is 3.20. The summed E-state index contributed by atoms with van der Waals surface area (Å²) in [6.07, 6.45) is 0. The molecule has 1 amide bonds. The highest BCUT2D eigenvalue weighted by Gasteiger charge is 2.23. The molecule has 0 spiro atoms. The highest BCUT2D eigenvalue weighted by Crippen LogP contribution is 2.19. The van der Waals surface area contributed by atoms with Gasteiger partial charge < -0.3 is 11.1 Å². The monoisotopic (exact) mass is 276 g/mol. The summed E-state index contributed by atoms with van der Waals surface area (Å²) in [5, 5.41) is 2.88. The fourth-order valence-electron chi connectivity index (χ4n) is 1.45. The van der Waals surface area contributed by atoms with Crippen molar-refractivity contribution in [2.75, 3.05) is 6.54 Å². The second kappa shape index (κ2) is 6.53. The zero-order valence-corrected chi connectivity index (χ0v) is 12.4. The molecule has 1 atom stereocenters. The van der Waals surface area contributed by atoms with E-state index in [0.717, 1.165) is 0 Å². The Morgan fingerprint density at radius 1 is 1.45 bits per heavy atom. The van der Waals surface area contributed by atoms with Crippen LogP contribution in [0.2, 0.25) is 0 Å². The van der Waals surface area contributed by atoms with Crippen LogP contribution in [0.4, 0.5) is 4.39 Å². The Morgan fingerprint density at radius 2 is 2.10 bits per heavy atom. The van der Waals surface area contributed by atoms with Crippen molar-refractivity contribution in [3.63, 3.8) is 0 Å². The van der Waals surface area contributed by atoms with E-state index in [1.54, 1.807) is 0 Å². The van der Waals surface area contributed by atoms with E-state index in [4.69, 9.17) is 5.73 Å². The van der Waals surface area contributed by atoms with E-state index in [1.165, 1.54) is 18.2 Å². The van der Waals surface area contributed by atoms with E-state index >= 15 is 0 Å². The maximum atomic E-state index is 13.3. The van der Waals surface area contributed by atoms with Gasteiger partial charge in [-0.05, 0) is 30.5 Å². The minimum absolute atomic E-state index is 0.0476. The Balaban J connectivity index is 3.05. The van der Waals surface area contributed by atoms with Gasteiger partial charge in [-0.15, -0.1) is 0 Å². The average molecular weight is 276 g/mol. The molecule has 0 radical (unpaired) electrons. The molecule has 1 aromatic carbocycles. The number of halogens is 1. The zero-order chi connectivity index (χ0) is 15.3. The summed E-state index contributed by atoms with van der Waals surface area (Å²) >= 11 is 0. The van der Waals surface area contributed by atoms with Crippen LogP contribution in [0.1, 0.15) is 43.6 Å². The van der Waals surface area contributed by atoms with Crippen LogP contribution in [0.5, 0.6) is 0 Å². The highest BCUT2D eigenvalue weighted by atomic mass is 19.1. The number of hydrogen-bond acceptors (Lipinski definition) is 2. The molecule has 1 rings (SSSR count). The first-order valence-corrected chi connectivity index (χ1v) is 6.55. The molecule has 20 heavy (non-hydrogen) atoms. The average Bonchev–Trinajstić information content (AvgIpc) is 2.36. The summed E-state index contributed by atoms with van der Waals surface area (Å²) in [5.41, 5.74) is 5.96. The quantitative estimate of drug-likeness (QED) is 0.814. The molecular formula is C16H21FN2O. The lowest BCUT2D eigenvalue weighted by molar-refractivity contribution is 0.0909. The summed E-state index contributed by atoms with van der Waals surface area (Å²) in [4.78, 5) is 12.3. The molecule has 0 aromatic heterocycles. The fraction of sp³-hybridized carbons (Fsp3) is 0.438. The van der Waals surface area contributed by atoms with Gasteiger partial charge in [-0.1, -0.05) is 32.6 Å². The topological polar surface area (TPSA) is 55.1 Å². The van der Waals surface area contributed by atoms with Crippen LogP contribution in [-0.4, -0.2) is 18.5 Å². The van der Waals surface area contributed by atoms with Gasteiger partial charge in [0.1, 0.15) is 5.82 Å². The largest absolute Gasteiger partial charge is 0.349 e. The van der Waals surface area contributed by atoms with Crippen molar-refractivity contribution in [2.24, 2.45) is 11.1 Å². The number of amides is 1. The van der Waals surface area contributed by atoms with Gasteiger partial charge in [-0.3, -0.25) is 4.79 Å². The summed E-state index contributed by atoms with van der Waals surface area (Å²) in [7, 11) is 0. The first-order valence-electron chi connectivity index (χ1n) is 6.55. The molecule has 108 valence electrons. The number of nitrogens with one attached hydrogen (secondary N) is 1. The molecule has 0 heterocycles. The van der Waals surface area contributed by atoms with Gasteiger partial charge in [0.25, 0.3) is 5.91 Å². The number of benzene rings is 1. The molecule has 0 saturated heterocycles. The summed E-state index contributed by atoms with van der Waals surface area (Å²) in [6.45, 7) is 8.19. The van der Waals surface area contributed by atoms with Gasteiger partial charge in [0, 0.05) is 11.6 Å². The van der Waals surface area contributed by atoms with Crippen molar-refractivity contribution in [2.45, 2.75) is 33.7 Å². The Kier molecular flexibility index (Phi) is 5.29. The lowest BCUT2D eigenvalue weighted by Crippen LogP contribution is -2.41. The Morgan fingerprint density at radius 3 is 2.65 bits per heavy atom. The van der Waals surface area contributed by atoms with Crippen molar-refractivity contribution in [3.8, 4) is 11.8 Å². The molecule has 0 aliphatic rings. The molecule has 4 heteroatoms. The Hall–Kier alpha value is -1.86. The summed E-state index contributed by atoms with van der Waals surface area (Å²) in [5.74, 6) is 4.68. The molecule has 1 aromatic rings. The number of rotatable bonds is 2. The maximum absolute atomic E-state index is 13.3. The molecule has 0 fully saturated rings. The number of carbonyl (C=O) groups excluding carboxylic acids is 1. The molecule has 3 N–H and O–H groups in total. The highest BCUT2D eigenvalue weighted by molar-refractivity contribution is 5.97. The summed E-state index contributed by atoms with van der Waals surface area (Å²) in [6, 6.07) is 3.93. The smallest absolute Gasteiger partial charge is 0.252 e. The summed E-state index contributed by atoms with van der Waals surface area (Å²) < 4.78 is 13.3. The van der Waals surface area contributed by atoms with Gasteiger partial charge >= 0.3 is 0 Å². The number of carbonyl (C=O) groups is 1.